The standard InChI is InChI=1S/C24H31N3O4/c1-4-31-22(29)24(2,17-19-11-7-5-8-12-19)26-21(28)15-16-25-23(30)27(3)18-20-13-9-6-10-14-20/h5-14H,4,15-18H2,1-3H3,(H,25,30)(H,26,28)/t24-/m1/s1. The molecule has 0 unspecified atom stereocenters. The van der Waals surface area contributed by atoms with Gasteiger partial charge in [-0.1, -0.05) is 60.7 Å². The van der Waals surface area contributed by atoms with Gasteiger partial charge in [0.15, 0.2) is 0 Å². The topological polar surface area (TPSA) is 87.7 Å². The van der Waals surface area contributed by atoms with E-state index in [2.05, 4.69) is 10.6 Å². The molecule has 0 heterocycles. The highest BCUT2D eigenvalue weighted by Crippen LogP contribution is 2.16. The highest BCUT2D eigenvalue weighted by molar-refractivity contribution is 5.88. The lowest BCUT2D eigenvalue weighted by molar-refractivity contribution is -0.152. The molecule has 0 fully saturated rings. The number of hydrogen-bond donors (Lipinski definition) is 2. The summed E-state index contributed by atoms with van der Waals surface area (Å²) in [5, 5.41) is 5.52. The van der Waals surface area contributed by atoms with E-state index in [1.807, 2.05) is 60.7 Å². The Bertz CT molecular complexity index is 858. The van der Waals surface area contributed by atoms with Crippen LogP contribution in [0.1, 0.15) is 31.4 Å². The number of benzene rings is 2. The largest absolute Gasteiger partial charge is 0.464 e. The summed E-state index contributed by atoms with van der Waals surface area (Å²) < 4.78 is 5.18. The summed E-state index contributed by atoms with van der Waals surface area (Å²) in [6, 6.07) is 18.8. The molecule has 0 saturated heterocycles. The zero-order valence-electron chi connectivity index (χ0n) is 18.4. The van der Waals surface area contributed by atoms with Crippen LogP contribution in [-0.2, 0) is 27.3 Å². The molecule has 0 spiro atoms. The van der Waals surface area contributed by atoms with Gasteiger partial charge in [-0.05, 0) is 25.0 Å². The summed E-state index contributed by atoms with van der Waals surface area (Å²) in [7, 11) is 1.69. The molecule has 2 aromatic carbocycles. The molecule has 0 aromatic heterocycles. The molecule has 31 heavy (non-hydrogen) atoms. The van der Waals surface area contributed by atoms with Crippen LogP contribution in [0.15, 0.2) is 60.7 Å². The van der Waals surface area contributed by atoms with Crippen molar-refractivity contribution in [1.82, 2.24) is 15.5 Å². The van der Waals surface area contributed by atoms with Gasteiger partial charge in [-0.15, -0.1) is 0 Å². The Hall–Kier alpha value is -3.35. The van der Waals surface area contributed by atoms with Crippen molar-refractivity contribution in [1.29, 1.82) is 0 Å². The van der Waals surface area contributed by atoms with Crippen molar-refractivity contribution in [3.05, 3.63) is 71.8 Å². The normalized spacial score (nSPS) is 12.4. The second-order valence-electron chi connectivity index (χ2n) is 7.59. The van der Waals surface area contributed by atoms with E-state index in [4.69, 9.17) is 4.74 Å². The first-order valence-corrected chi connectivity index (χ1v) is 10.4. The maximum absolute atomic E-state index is 12.5. The first kappa shape index (κ1) is 23.9. The van der Waals surface area contributed by atoms with E-state index in [0.717, 1.165) is 11.1 Å². The minimum absolute atomic E-state index is 0.0503. The van der Waals surface area contributed by atoms with Crippen molar-refractivity contribution in [3.8, 4) is 0 Å². The number of urea groups is 1. The highest BCUT2D eigenvalue weighted by Gasteiger charge is 2.36. The van der Waals surface area contributed by atoms with E-state index in [1.54, 1.807) is 25.8 Å². The van der Waals surface area contributed by atoms with Crippen LogP contribution in [0.5, 0.6) is 0 Å². The maximum atomic E-state index is 12.5. The van der Waals surface area contributed by atoms with Crippen molar-refractivity contribution in [2.75, 3.05) is 20.2 Å². The van der Waals surface area contributed by atoms with Gasteiger partial charge < -0.3 is 20.3 Å². The van der Waals surface area contributed by atoms with Gasteiger partial charge in [-0.2, -0.15) is 0 Å². The Morgan fingerprint density at radius 1 is 0.968 bits per heavy atom. The van der Waals surface area contributed by atoms with E-state index in [0.29, 0.717) is 13.0 Å². The number of ether oxygens (including phenoxy) is 1. The molecule has 0 radical (unpaired) electrons. The van der Waals surface area contributed by atoms with Gasteiger partial charge >= 0.3 is 12.0 Å². The van der Waals surface area contributed by atoms with Crippen molar-refractivity contribution < 1.29 is 19.1 Å². The first-order valence-electron chi connectivity index (χ1n) is 10.4. The number of amides is 3. The minimum Gasteiger partial charge on any atom is -0.464 e. The predicted octanol–water partition coefficient (Wildman–Crippen LogP) is 2.90. The molecule has 2 rings (SSSR count). The summed E-state index contributed by atoms with van der Waals surface area (Å²) >= 11 is 0. The van der Waals surface area contributed by atoms with E-state index < -0.39 is 11.5 Å². The molecular formula is C24H31N3O4. The number of hydrogen-bond acceptors (Lipinski definition) is 4. The predicted molar refractivity (Wildman–Crippen MR) is 119 cm³/mol. The third kappa shape index (κ3) is 7.77. The lowest BCUT2D eigenvalue weighted by atomic mass is 9.92. The van der Waals surface area contributed by atoms with E-state index in [9.17, 15) is 14.4 Å². The Morgan fingerprint density at radius 2 is 1.55 bits per heavy atom. The molecule has 3 amide bonds. The van der Waals surface area contributed by atoms with Crippen LogP contribution in [0.2, 0.25) is 0 Å². The number of esters is 1. The third-order valence-electron chi connectivity index (χ3n) is 4.78. The third-order valence-corrected chi connectivity index (χ3v) is 4.78. The average molecular weight is 426 g/mol. The summed E-state index contributed by atoms with van der Waals surface area (Å²) in [5.74, 6) is -0.823. The fraction of sp³-hybridized carbons (Fsp3) is 0.375. The van der Waals surface area contributed by atoms with Gasteiger partial charge in [0.2, 0.25) is 5.91 Å². The molecule has 0 saturated carbocycles. The quantitative estimate of drug-likeness (QED) is 0.573. The Balaban J connectivity index is 1.87. The fourth-order valence-corrected chi connectivity index (χ4v) is 3.18. The SMILES string of the molecule is CCOC(=O)[C@@](C)(Cc1ccccc1)NC(=O)CCNC(=O)N(C)Cc1ccccc1. The molecule has 2 aromatic rings. The highest BCUT2D eigenvalue weighted by atomic mass is 16.5. The Labute approximate surface area is 183 Å². The second kappa shape index (κ2) is 11.7. The molecule has 0 aliphatic heterocycles. The zero-order valence-corrected chi connectivity index (χ0v) is 18.4. The monoisotopic (exact) mass is 425 g/mol. The number of nitrogens with one attached hydrogen (secondary N) is 2. The van der Waals surface area contributed by atoms with Crippen LogP contribution in [0.25, 0.3) is 0 Å². The van der Waals surface area contributed by atoms with Crippen molar-refractivity contribution in [2.45, 2.75) is 38.8 Å². The Morgan fingerprint density at radius 3 is 2.13 bits per heavy atom. The lowest BCUT2D eigenvalue weighted by Crippen LogP contribution is -2.55. The smallest absolute Gasteiger partial charge is 0.331 e. The van der Waals surface area contributed by atoms with E-state index in [1.165, 1.54) is 0 Å². The van der Waals surface area contributed by atoms with E-state index >= 15 is 0 Å². The van der Waals surface area contributed by atoms with Crippen LogP contribution in [0, 0.1) is 0 Å². The average Bonchev–Trinajstić information content (AvgIpc) is 2.75. The Kier molecular flexibility index (Phi) is 9.06. The van der Waals surface area contributed by atoms with Crippen molar-refractivity contribution >= 4 is 17.9 Å². The first-order chi connectivity index (χ1) is 14.8. The van der Waals surface area contributed by atoms with Crippen molar-refractivity contribution in [2.24, 2.45) is 0 Å². The van der Waals surface area contributed by atoms with Crippen LogP contribution in [0.4, 0.5) is 4.79 Å². The molecule has 2 N–H and O–H groups in total. The molecular weight excluding hydrogens is 394 g/mol. The molecule has 0 aliphatic rings. The second-order valence-corrected chi connectivity index (χ2v) is 7.59. The van der Waals surface area contributed by atoms with Crippen molar-refractivity contribution in [3.63, 3.8) is 0 Å². The number of carbonyl (C=O) groups is 3. The minimum atomic E-state index is -1.19. The maximum Gasteiger partial charge on any atom is 0.331 e. The van der Waals surface area contributed by atoms with Gasteiger partial charge in [0.1, 0.15) is 5.54 Å². The van der Waals surface area contributed by atoms with Crippen LogP contribution in [-0.4, -0.2) is 48.5 Å². The number of carbonyl (C=O) groups excluding carboxylic acids is 3. The van der Waals surface area contributed by atoms with Gasteiger partial charge in [0.05, 0.1) is 6.61 Å². The lowest BCUT2D eigenvalue weighted by Gasteiger charge is -2.29. The number of rotatable bonds is 10. The molecule has 7 heteroatoms. The molecule has 166 valence electrons. The zero-order chi connectivity index (χ0) is 22.7. The summed E-state index contributed by atoms with van der Waals surface area (Å²) in [6.45, 7) is 4.24. The fourth-order valence-electron chi connectivity index (χ4n) is 3.18. The summed E-state index contributed by atoms with van der Waals surface area (Å²) in [5.41, 5.74) is 0.737. The molecule has 1 atom stereocenters. The van der Waals surface area contributed by atoms with Gasteiger partial charge in [0.25, 0.3) is 0 Å². The summed E-state index contributed by atoms with van der Waals surface area (Å²) in [4.78, 5) is 38.9. The molecule has 0 aliphatic carbocycles. The van der Waals surface area contributed by atoms with Gasteiger partial charge in [-0.3, -0.25) is 4.79 Å². The van der Waals surface area contributed by atoms with Crippen LogP contribution >= 0.6 is 0 Å². The van der Waals surface area contributed by atoms with Gasteiger partial charge in [0, 0.05) is 33.0 Å². The van der Waals surface area contributed by atoms with Crippen LogP contribution in [0.3, 0.4) is 0 Å². The molecule has 7 nitrogen and oxygen atoms in total. The van der Waals surface area contributed by atoms with Crippen LogP contribution < -0.4 is 10.6 Å². The van der Waals surface area contributed by atoms with Gasteiger partial charge in [-0.25, -0.2) is 9.59 Å². The number of nitrogens with zero attached hydrogens (tertiary/aromatic N) is 1. The summed E-state index contributed by atoms with van der Waals surface area (Å²) in [6.07, 6.45) is 0.360. The van der Waals surface area contributed by atoms with E-state index in [-0.39, 0.29) is 31.5 Å². The molecule has 0 bridgehead atoms.